The lowest BCUT2D eigenvalue weighted by molar-refractivity contribution is -0.157. The fourth-order valence-corrected chi connectivity index (χ4v) is 4.73. The van der Waals surface area contributed by atoms with Gasteiger partial charge in [0.05, 0.1) is 5.92 Å². The molecular formula is C27H42F2O2. The van der Waals surface area contributed by atoms with Crippen LogP contribution in [0.1, 0.15) is 104 Å². The summed E-state index contributed by atoms with van der Waals surface area (Å²) in [5, 5.41) is 0. The number of hydrogen-bond donors (Lipinski definition) is 0. The fraction of sp³-hybridized carbons (Fsp3) is 0.741. The number of esters is 1. The molecule has 0 aliphatic heterocycles. The molecule has 2 aliphatic rings. The van der Waals surface area contributed by atoms with Gasteiger partial charge in [-0.3, -0.25) is 4.79 Å². The molecule has 0 unspecified atom stereocenters. The third-order valence-electron chi connectivity index (χ3n) is 6.90. The summed E-state index contributed by atoms with van der Waals surface area (Å²) in [7, 11) is 0. The Morgan fingerprint density at radius 3 is 2.29 bits per heavy atom. The number of halogens is 2. The molecule has 0 spiro atoms. The van der Waals surface area contributed by atoms with Gasteiger partial charge in [-0.1, -0.05) is 79.2 Å². The highest BCUT2D eigenvalue weighted by atomic mass is 19.2. The molecule has 2 nitrogen and oxygen atoms in total. The lowest BCUT2D eigenvalue weighted by atomic mass is 9.75. The molecule has 1 aromatic rings. The summed E-state index contributed by atoms with van der Waals surface area (Å²) in [5.41, 5.74) is 0.688. The molecule has 2 saturated carbocycles. The number of hydrogen-bond acceptors (Lipinski definition) is 2. The van der Waals surface area contributed by atoms with Crippen LogP contribution < -0.4 is 0 Å². The summed E-state index contributed by atoms with van der Waals surface area (Å²) >= 11 is 0. The van der Waals surface area contributed by atoms with Gasteiger partial charge in [0.2, 0.25) is 0 Å². The van der Waals surface area contributed by atoms with Gasteiger partial charge in [-0.25, -0.2) is 8.78 Å². The van der Waals surface area contributed by atoms with Gasteiger partial charge < -0.3 is 4.74 Å². The molecule has 2 aliphatic carbocycles. The van der Waals surface area contributed by atoms with E-state index in [1.165, 1.54) is 44.6 Å². The first-order valence-corrected chi connectivity index (χ1v) is 12.4. The van der Waals surface area contributed by atoms with E-state index in [1.807, 2.05) is 0 Å². The summed E-state index contributed by atoms with van der Waals surface area (Å²) in [6.45, 7) is 11.1. The van der Waals surface area contributed by atoms with Crippen molar-refractivity contribution in [3.63, 3.8) is 0 Å². The summed E-state index contributed by atoms with van der Waals surface area (Å²) in [4.78, 5) is 12.5. The highest BCUT2D eigenvalue weighted by Gasteiger charge is 2.47. The molecular weight excluding hydrogens is 394 g/mol. The van der Waals surface area contributed by atoms with Crippen LogP contribution in [-0.2, 0) is 9.53 Å². The Hall–Kier alpha value is -1.45. The molecule has 176 valence electrons. The minimum absolute atomic E-state index is 0.00699. The monoisotopic (exact) mass is 436 g/mol. The van der Waals surface area contributed by atoms with Crippen LogP contribution in [0, 0.1) is 35.3 Å². The lowest BCUT2D eigenvalue weighted by Crippen LogP contribution is -2.36. The Labute approximate surface area is 188 Å². The molecule has 2 fully saturated rings. The average Bonchev–Trinajstić information content (AvgIpc) is 3.52. The number of unbranched alkanes of at least 4 members (excludes halogenated alkanes) is 4. The van der Waals surface area contributed by atoms with Crippen molar-refractivity contribution in [1.29, 1.82) is 0 Å². The first kappa shape index (κ1) is 25.8. The van der Waals surface area contributed by atoms with Crippen molar-refractivity contribution in [2.75, 3.05) is 0 Å². The highest BCUT2D eigenvalue weighted by molar-refractivity contribution is 5.77. The van der Waals surface area contributed by atoms with Crippen molar-refractivity contribution in [3.8, 4) is 0 Å². The Balaban J connectivity index is 0.000000423. The Morgan fingerprint density at radius 2 is 1.71 bits per heavy atom. The Bertz CT molecular complexity index is 684. The van der Waals surface area contributed by atoms with Crippen molar-refractivity contribution in [1.82, 2.24) is 0 Å². The summed E-state index contributed by atoms with van der Waals surface area (Å²) in [5.74, 6) is -0.622. The molecule has 3 rings (SSSR count). The molecule has 0 N–H and O–H groups in total. The molecule has 0 heterocycles. The SMILES string of the molecule is CC(C)[C@H]1CC[C@@H](C)C[C@H]1OC(=O)[C@@H]1C[C@H]1c1ccc(F)c(F)c1.CCCCCCC. The maximum Gasteiger partial charge on any atom is 0.309 e. The van der Waals surface area contributed by atoms with E-state index in [1.54, 1.807) is 6.07 Å². The molecule has 5 atom stereocenters. The van der Waals surface area contributed by atoms with E-state index < -0.39 is 11.6 Å². The number of benzene rings is 1. The quantitative estimate of drug-likeness (QED) is 0.304. The summed E-state index contributed by atoms with van der Waals surface area (Å²) in [6, 6.07) is 3.89. The van der Waals surface area contributed by atoms with E-state index in [9.17, 15) is 13.6 Å². The zero-order valence-corrected chi connectivity index (χ0v) is 20.1. The van der Waals surface area contributed by atoms with Crippen LogP contribution >= 0.6 is 0 Å². The second-order valence-electron chi connectivity index (χ2n) is 9.98. The van der Waals surface area contributed by atoms with Crippen molar-refractivity contribution in [2.24, 2.45) is 23.7 Å². The largest absolute Gasteiger partial charge is 0.462 e. The van der Waals surface area contributed by atoms with Crippen LogP contribution in [0.2, 0.25) is 0 Å². The van der Waals surface area contributed by atoms with E-state index in [2.05, 4.69) is 34.6 Å². The maximum atomic E-state index is 13.4. The van der Waals surface area contributed by atoms with Gasteiger partial charge in [0.1, 0.15) is 6.10 Å². The molecule has 0 radical (unpaired) electrons. The van der Waals surface area contributed by atoms with Crippen molar-refractivity contribution >= 4 is 5.97 Å². The van der Waals surface area contributed by atoms with E-state index in [4.69, 9.17) is 4.74 Å². The average molecular weight is 437 g/mol. The molecule has 31 heavy (non-hydrogen) atoms. The fourth-order valence-electron chi connectivity index (χ4n) is 4.73. The molecule has 4 heteroatoms. The second kappa shape index (κ2) is 12.6. The van der Waals surface area contributed by atoms with Crippen LogP contribution in [0.25, 0.3) is 0 Å². The number of carbonyl (C=O) groups is 1. The topological polar surface area (TPSA) is 26.3 Å². The van der Waals surface area contributed by atoms with E-state index in [0.717, 1.165) is 18.9 Å². The maximum absolute atomic E-state index is 13.4. The minimum Gasteiger partial charge on any atom is -0.462 e. The van der Waals surface area contributed by atoms with E-state index >= 15 is 0 Å². The number of carbonyl (C=O) groups excluding carboxylic acids is 1. The van der Waals surface area contributed by atoms with Crippen LogP contribution in [0.3, 0.4) is 0 Å². The van der Waals surface area contributed by atoms with Gasteiger partial charge in [-0.15, -0.1) is 0 Å². The smallest absolute Gasteiger partial charge is 0.309 e. The molecule has 0 amide bonds. The minimum atomic E-state index is -0.854. The Kier molecular flexibility index (Phi) is 10.4. The van der Waals surface area contributed by atoms with Crippen LogP contribution in [0.5, 0.6) is 0 Å². The normalized spacial score (nSPS) is 27.4. The second-order valence-corrected chi connectivity index (χ2v) is 9.98. The first-order valence-electron chi connectivity index (χ1n) is 12.4. The van der Waals surface area contributed by atoms with Gasteiger partial charge >= 0.3 is 5.97 Å². The standard InChI is InChI=1S/C20H26F2O2.C7H16/c1-11(2)14-6-4-12(3)8-19(14)24-20(23)16-10-15(16)13-5-7-17(21)18(22)9-13;1-3-5-7-6-4-2/h5,7,9,11-12,14-16,19H,4,6,8,10H2,1-3H3;3-7H2,1-2H3/t12-,14-,15+,16-,19-;/m1./s1. The zero-order valence-electron chi connectivity index (χ0n) is 20.1. The molecule has 0 aromatic heterocycles. The van der Waals surface area contributed by atoms with Gasteiger partial charge in [0, 0.05) is 0 Å². The lowest BCUT2D eigenvalue weighted by Gasteiger charge is -2.36. The van der Waals surface area contributed by atoms with E-state index in [-0.39, 0.29) is 23.9 Å². The van der Waals surface area contributed by atoms with Gasteiger partial charge in [-0.05, 0) is 60.6 Å². The van der Waals surface area contributed by atoms with E-state index in [0.29, 0.717) is 29.7 Å². The predicted octanol–water partition coefficient (Wildman–Crippen LogP) is 8.05. The zero-order chi connectivity index (χ0) is 23.0. The molecule has 0 saturated heterocycles. The highest BCUT2D eigenvalue weighted by Crippen LogP contribution is 2.49. The summed E-state index contributed by atoms with van der Waals surface area (Å²) < 4.78 is 32.3. The van der Waals surface area contributed by atoms with Gasteiger partial charge in [0.25, 0.3) is 0 Å². The summed E-state index contributed by atoms with van der Waals surface area (Å²) in [6.07, 6.45) is 10.9. The Morgan fingerprint density at radius 1 is 1.03 bits per heavy atom. The van der Waals surface area contributed by atoms with Crippen LogP contribution in [0.15, 0.2) is 18.2 Å². The van der Waals surface area contributed by atoms with Crippen molar-refractivity contribution < 1.29 is 18.3 Å². The number of ether oxygens (including phenoxy) is 1. The molecule has 0 bridgehead atoms. The number of rotatable bonds is 8. The predicted molar refractivity (Wildman–Crippen MR) is 123 cm³/mol. The molecule has 1 aromatic carbocycles. The first-order chi connectivity index (χ1) is 14.8. The van der Waals surface area contributed by atoms with Gasteiger partial charge in [0.15, 0.2) is 11.6 Å². The van der Waals surface area contributed by atoms with Crippen LogP contribution in [-0.4, -0.2) is 12.1 Å². The third-order valence-corrected chi connectivity index (χ3v) is 6.90. The van der Waals surface area contributed by atoms with Crippen molar-refractivity contribution in [3.05, 3.63) is 35.4 Å². The third kappa shape index (κ3) is 7.88. The van der Waals surface area contributed by atoms with Crippen molar-refractivity contribution in [2.45, 2.75) is 104 Å². The van der Waals surface area contributed by atoms with Crippen LogP contribution in [0.4, 0.5) is 8.78 Å². The van der Waals surface area contributed by atoms with Gasteiger partial charge in [-0.2, -0.15) is 0 Å².